The molecule has 23 heavy (non-hydrogen) atoms. The molecule has 0 aliphatic heterocycles. The van der Waals surface area contributed by atoms with E-state index in [0.29, 0.717) is 0 Å². The van der Waals surface area contributed by atoms with E-state index in [0.717, 1.165) is 0 Å². The quantitative estimate of drug-likeness (QED) is 0.262. The van der Waals surface area contributed by atoms with E-state index in [1.807, 2.05) is 0 Å². The summed E-state index contributed by atoms with van der Waals surface area (Å²) in [6, 6.07) is -3.65. The molecule has 0 aliphatic rings. The zero-order chi connectivity index (χ0) is 18.2. The van der Waals surface area contributed by atoms with Gasteiger partial charge in [0.25, 0.3) is 0 Å². The van der Waals surface area contributed by atoms with Crippen LogP contribution >= 0.6 is 0 Å². The van der Waals surface area contributed by atoms with E-state index >= 15 is 0 Å². The van der Waals surface area contributed by atoms with Gasteiger partial charge in [0, 0.05) is 6.42 Å². The zero-order valence-electron chi connectivity index (χ0n) is 13.0. The number of nitrogens with two attached hydrogens (primary N) is 1. The number of aliphatic hydroxyl groups is 1. The molecule has 0 heterocycles. The molecule has 0 fully saturated rings. The smallest absolute Gasteiger partial charge is 0.326 e. The van der Waals surface area contributed by atoms with Gasteiger partial charge in [-0.2, -0.15) is 0 Å². The van der Waals surface area contributed by atoms with Crippen molar-refractivity contribution in [3.8, 4) is 0 Å². The Morgan fingerprint density at radius 2 is 1.61 bits per heavy atom. The molecule has 132 valence electrons. The first-order chi connectivity index (χ1) is 10.6. The van der Waals surface area contributed by atoms with Crippen LogP contribution in [0.1, 0.15) is 26.7 Å². The van der Waals surface area contributed by atoms with Crippen molar-refractivity contribution in [3.63, 3.8) is 0 Å². The molecule has 0 aromatic rings. The van der Waals surface area contributed by atoms with Gasteiger partial charge in [-0.3, -0.25) is 14.4 Å². The third-order valence-electron chi connectivity index (χ3n) is 3.04. The number of rotatable bonds is 10. The van der Waals surface area contributed by atoms with E-state index in [9.17, 15) is 19.2 Å². The minimum absolute atomic E-state index is 0.286. The molecule has 0 radical (unpaired) electrons. The number of carboxylic acids is 2. The minimum Gasteiger partial charge on any atom is -0.481 e. The standard InChI is InChI=1S/C13H23N3O7/c1-6(2)10(16-11(20)7(14)5-17)12(21)15-8(13(22)23)3-4-9(18)19/h6-8,10,17H,3-5,14H2,1-2H3,(H,15,21)(H,16,20)(H,18,19)(H,22,23)/t7-,8-,10-/m0/s1. The summed E-state index contributed by atoms with van der Waals surface area (Å²) in [6.07, 6.45) is -0.712. The molecule has 0 aromatic heterocycles. The van der Waals surface area contributed by atoms with Gasteiger partial charge in [-0.25, -0.2) is 4.79 Å². The average molecular weight is 333 g/mol. The zero-order valence-corrected chi connectivity index (χ0v) is 13.0. The van der Waals surface area contributed by atoms with E-state index < -0.39 is 54.9 Å². The first kappa shape index (κ1) is 20.8. The normalized spacial score (nSPS) is 14.7. The Bertz CT molecular complexity index is 453. The van der Waals surface area contributed by atoms with Crippen LogP contribution in [0.25, 0.3) is 0 Å². The summed E-state index contributed by atoms with van der Waals surface area (Å²) in [5.74, 6) is -4.46. The van der Waals surface area contributed by atoms with Crippen LogP contribution in [0.4, 0.5) is 0 Å². The number of carboxylic acid groups (broad SMARTS) is 2. The first-order valence-electron chi connectivity index (χ1n) is 7.01. The highest BCUT2D eigenvalue weighted by Gasteiger charge is 2.29. The summed E-state index contributed by atoms with van der Waals surface area (Å²) in [7, 11) is 0. The average Bonchev–Trinajstić information content (AvgIpc) is 2.46. The lowest BCUT2D eigenvalue weighted by Gasteiger charge is -2.24. The van der Waals surface area contributed by atoms with Gasteiger partial charge in [0.1, 0.15) is 18.1 Å². The number of amides is 2. The Morgan fingerprint density at radius 1 is 1.04 bits per heavy atom. The van der Waals surface area contributed by atoms with Crippen molar-refractivity contribution in [3.05, 3.63) is 0 Å². The van der Waals surface area contributed by atoms with E-state index in [-0.39, 0.29) is 12.3 Å². The maximum absolute atomic E-state index is 12.2. The number of aliphatic carboxylic acids is 2. The lowest BCUT2D eigenvalue weighted by atomic mass is 10.0. The second-order valence-electron chi connectivity index (χ2n) is 5.35. The van der Waals surface area contributed by atoms with Gasteiger partial charge in [0.15, 0.2) is 0 Å². The van der Waals surface area contributed by atoms with Crippen molar-refractivity contribution in [2.24, 2.45) is 11.7 Å². The predicted molar refractivity (Wildman–Crippen MR) is 78.3 cm³/mol. The Kier molecular flexibility index (Phi) is 8.81. The topological polar surface area (TPSA) is 179 Å². The highest BCUT2D eigenvalue weighted by atomic mass is 16.4. The fourth-order valence-corrected chi connectivity index (χ4v) is 1.66. The van der Waals surface area contributed by atoms with Crippen molar-refractivity contribution in [1.29, 1.82) is 0 Å². The molecule has 10 nitrogen and oxygen atoms in total. The Labute approximate surface area is 133 Å². The number of aliphatic hydroxyl groups excluding tert-OH is 1. The van der Waals surface area contributed by atoms with Crippen molar-refractivity contribution in [1.82, 2.24) is 10.6 Å². The van der Waals surface area contributed by atoms with Crippen LogP contribution in [0, 0.1) is 5.92 Å². The minimum atomic E-state index is -1.39. The molecular formula is C13H23N3O7. The first-order valence-corrected chi connectivity index (χ1v) is 7.01. The number of hydrogen-bond donors (Lipinski definition) is 6. The summed E-state index contributed by atoms with van der Waals surface area (Å²) in [5, 5.41) is 30.9. The van der Waals surface area contributed by atoms with Gasteiger partial charge in [-0.15, -0.1) is 0 Å². The van der Waals surface area contributed by atoms with Crippen molar-refractivity contribution < 1.29 is 34.5 Å². The summed E-state index contributed by atoms with van der Waals surface area (Å²) >= 11 is 0. The lowest BCUT2D eigenvalue weighted by Crippen LogP contribution is -2.56. The van der Waals surface area contributed by atoms with Gasteiger partial charge in [0.05, 0.1) is 6.61 Å². The number of hydrogen-bond acceptors (Lipinski definition) is 6. The van der Waals surface area contributed by atoms with Crippen LogP contribution in [0.3, 0.4) is 0 Å². The van der Waals surface area contributed by atoms with Crippen LogP contribution in [-0.2, 0) is 19.2 Å². The molecule has 0 saturated carbocycles. The number of nitrogens with one attached hydrogen (secondary N) is 2. The third-order valence-corrected chi connectivity index (χ3v) is 3.04. The Balaban J connectivity index is 4.91. The maximum atomic E-state index is 12.2. The molecule has 7 N–H and O–H groups in total. The number of carbonyl (C=O) groups is 4. The molecule has 3 atom stereocenters. The number of carbonyl (C=O) groups excluding carboxylic acids is 2. The Hall–Kier alpha value is -2.20. The summed E-state index contributed by atoms with van der Waals surface area (Å²) in [5.41, 5.74) is 5.34. The van der Waals surface area contributed by atoms with E-state index in [1.165, 1.54) is 0 Å². The second kappa shape index (κ2) is 9.74. The van der Waals surface area contributed by atoms with Crippen LogP contribution in [0.5, 0.6) is 0 Å². The van der Waals surface area contributed by atoms with Crippen LogP contribution < -0.4 is 16.4 Å². The molecule has 10 heteroatoms. The van der Waals surface area contributed by atoms with E-state index in [4.69, 9.17) is 21.1 Å². The molecule has 0 aromatic carbocycles. The summed E-state index contributed by atoms with van der Waals surface area (Å²) in [4.78, 5) is 45.4. The van der Waals surface area contributed by atoms with E-state index in [2.05, 4.69) is 10.6 Å². The van der Waals surface area contributed by atoms with Gasteiger partial charge in [0.2, 0.25) is 11.8 Å². The molecule has 0 aliphatic carbocycles. The molecular weight excluding hydrogens is 310 g/mol. The molecule has 0 rings (SSSR count). The maximum Gasteiger partial charge on any atom is 0.326 e. The van der Waals surface area contributed by atoms with Crippen molar-refractivity contribution in [2.45, 2.75) is 44.8 Å². The largest absolute Gasteiger partial charge is 0.481 e. The molecule has 0 spiro atoms. The highest BCUT2D eigenvalue weighted by molar-refractivity contribution is 5.92. The lowest BCUT2D eigenvalue weighted by molar-refractivity contribution is -0.143. The fourth-order valence-electron chi connectivity index (χ4n) is 1.66. The van der Waals surface area contributed by atoms with Crippen LogP contribution in [0.2, 0.25) is 0 Å². The van der Waals surface area contributed by atoms with E-state index in [1.54, 1.807) is 13.8 Å². The van der Waals surface area contributed by atoms with Gasteiger partial charge in [-0.05, 0) is 12.3 Å². The summed E-state index contributed by atoms with van der Waals surface area (Å²) < 4.78 is 0. The predicted octanol–water partition coefficient (Wildman–Crippen LogP) is -2.12. The van der Waals surface area contributed by atoms with Crippen LogP contribution in [0.15, 0.2) is 0 Å². The third kappa shape index (κ3) is 7.56. The molecule has 2 amide bonds. The Morgan fingerprint density at radius 3 is 2.00 bits per heavy atom. The van der Waals surface area contributed by atoms with Crippen LogP contribution in [-0.4, -0.2) is 63.8 Å². The summed E-state index contributed by atoms with van der Waals surface area (Å²) in [6.45, 7) is 2.65. The second-order valence-corrected chi connectivity index (χ2v) is 5.35. The van der Waals surface area contributed by atoms with Gasteiger partial charge < -0.3 is 31.7 Å². The van der Waals surface area contributed by atoms with Crippen molar-refractivity contribution >= 4 is 23.8 Å². The molecule has 0 bridgehead atoms. The monoisotopic (exact) mass is 333 g/mol. The molecule has 0 unspecified atom stereocenters. The molecule has 0 saturated heterocycles. The fraction of sp³-hybridized carbons (Fsp3) is 0.692. The SMILES string of the molecule is CC(C)[C@H](NC(=O)[C@@H](N)CO)C(=O)N[C@@H](CCC(=O)O)C(=O)O. The van der Waals surface area contributed by atoms with Gasteiger partial charge >= 0.3 is 11.9 Å². The van der Waals surface area contributed by atoms with Crippen molar-refractivity contribution in [2.75, 3.05) is 6.61 Å². The highest BCUT2D eigenvalue weighted by Crippen LogP contribution is 2.05. The van der Waals surface area contributed by atoms with Gasteiger partial charge in [-0.1, -0.05) is 13.8 Å².